The highest BCUT2D eigenvalue weighted by Crippen LogP contribution is 2.41. The molecule has 0 unspecified atom stereocenters. The lowest BCUT2D eigenvalue weighted by molar-refractivity contribution is 0.541. The monoisotopic (exact) mass is 432 g/mol. The highest BCUT2D eigenvalue weighted by molar-refractivity contribution is 5.72. The quantitative estimate of drug-likeness (QED) is 0.393. The first-order valence-electron chi connectivity index (χ1n) is 11.8. The van der Waals surface area contributed by atoms with Crippen molar-refractivity contribution in [2.75, 3.05) is 11.4 Å². The molecule has 2 aliphatic heterocycles. The molecule has 2 fully saturated rings. The molecule has 1 saturated carbocycles. The molecule has 2 atom stereocenters. The molecule has 0 bridgehead atoms. The second-order valence-corrected chi connectivity index (χ2v) is 9.48. The van der Waals surface area contributed by atoms with Gasteiger partial charge in [0.25, 0.3) is 0 Å². The minimum atomic E-state index is 0.673. The lowest BCUT2D eigenvalue weighted by Crippen LogP contribution is -2.29. The van der Waals surface area contributed by atoms with Crippen molar-refractivity contribution < 1.29 is 0 Å². The van der Waals surface area contributed by atoms with E-state index in [1.165, 1.54) is 43.5 Å². The van der Waals surface area contributed by atoms with Crippen LogP contribution in [0.4, 0.5) is 5.69 Å². The molecule has 0 N–H and O–H groups in total. The molecule has 4 heterocycles. The summed E-state index contributed by atoms with van der Waals surface area (Å²) in [6, 6.07) is 19.7. The summed E-state index contributed by atoms with van der Waals surface area (Å²) >= 11 is 0. The molecule has 1 aliphatic carbocycles. The second kappa shape index (κ2) is 7.08. The summed E-state index contributed by atoms with van der Waals surface area (Å²) < 4.78 is 4.26. The predicted octanol–water partition coefficient (Wildman–Crippen LogP) is 5.01. The molecule has 1 saturated heterocycles. The van der Waals surface area contributed by atoms with Gasteiger partial charge in [-0.3, -0.25) is 0 Å². The lowest BCUT2D eigenvalue weighted by atomic mass is 10.0. The van der Waals surface area contributed by atoms with Crippen molar-refractivity contribution in [3.63, 3.8) is 0 Å². The van der Waals surface area contributed by atoms with E-state index in [-0.39, 0.29) is 0 Å². The maximum atomic E-state index is 9.12. The molecular weight excluding hydrogens is 408 g/mol. The van der Waals surface area contributed by atoms with Crippen LogP contribution in [0.5, 0.6) is 0 Å². The molecule has 6 nitrogen and oxygen atoms in total. The molecule has 0 spiro atoms. The van der Waals surface area contributed by atoms with Crippen LogP contribution in [0.15, 0.2) is 61.1 Å². The van der Waals surface area contributed by atoms with Crippen LogP contribution in [0, 0.1) is 17.2 Å². The van der Waals surface area contributed by atoms with Crippen molar-refractivity contribution in [2.24, 2.45) is 5.92 Å². The number of benzene rings is 2. The second-order valence-electron chi connectivity index (χ2n) is 9.48. The molecule has 2 aromatic carbocycles. The van der Waals surface area contributed by atoms with Crippen LogP contribution in [0.2, 0.25) is 0 Å². The van der Waals surface area contributed by atoms with Crippen molar-refractivity contribution in [3.8, 4) is 34.4 Å². The van der Waals surface area contributed by atoms with Gasteiger partial charge >= 0.3 is 0 Å². The van der Waals surface area contributed by atoms with E-state index in [1.807, 2.05) is 28.9 Å². The predicted molar refractivity (Wildman–Crippen MR) is 127 cm³/mol. The van der Waals surface area contributed by atoms with Crippen molar-refractivity contribution in [2.45, 2.75) is 38.3 Å². The zero-order valence-corrected chi connectivity index (χ0v) is 18.4. The van der Waals surface area contributed by atoms with Gasteiger partial charge in [0.2, 0.25) is 0 Å². The average molecular weight is 433 g/mol. The summed E-state index contributed by atoms with van der Waals surface area (Å²) in [5.41, 5.74) is 7.66. The molecule has 0 radical (unpaired) electrons. The zero-order valence-electron chi connectivity index (χ0n) is 18.4. The third kappa shape index (κ3) is 2.85. The van der Waals surface area contributed by atoms with E-state index >= 15 is 0 Å². The Morgan fingerprint density at radius 3 is 2.76 bits per heavy atom. The SMILES string of the molecule is N#Cc1ccc(-c2cc3n(c2)Cc2cc(N4CC[C@H]5CCC[C@@H]54)ccc2-n2ncnc2-3)cc1. The number of fused-ring (bicyclic) bond motifs is 6. The zero-order chi connectivity index (χ0) is 21.9. The molecule has 7 rings (SSSR count). The summed E-state index contributed by atoms with van der Waals surface area (Å²) in [5.74, 6) is 1.73. The summed E-state index contributed by atoms with van der Waals surface area (Å²) in [7, 11) is 0. The number of anilines is 1. The fourth-order valence-electron chi connectivity index (χ4n) is 6.14. The van der Waals surface area contributed by atoms with Crippen LogP contribution in [0.3, 0.4) is 0 Å². The third-order valence-electron chi connectivity index (χ3n) is 7.74. The van der Waals surface area contributed by atoms with Crippen molar-refractivity contribution >= 4 is 5.69 Å². The Morgan fingerprint density at radius 1 is 0.970 bits per heavy atom. The van der Waals surface area contributed by atoms with E-state index < -0.39 is 0 Å². The molecule has 4 aromatic rings. The first kappa shape index (κ1) is 18.7. The van der Waals surface area contributed by atoms with Crippen LogP contribution >= 0.6 is 0 Å². The van der Waals surface area contributed by atoms with Gasteiger partial charge in [0, 0.05) is 36.6 Å². The topological polar surface area (TPSA) is 62.7 Å². The first-order valence-corrected chi connectivity index (χ1v) is 11.8. The molecule has 6 heteroatoms. The van der Waals surface area contributed by atoms with Gasteiger partial charge in [-0.05, 0) is 72.7 Å². The van der Waals surface area contributed by atoms with Gasteiger partial charge < -0.3 is 9.47 Å². The van der Waals surface area contributed by atoms with Crippen LogP contribution in [0.1, 0.15) is 36.8 Å². The highest BCUT2D eigenvalue weighted by Gasteiger charge is 2.37. The Morgan fingerprint density at radius 2 is 1.88 bits per heavy atom. The fraction of sp³-hybridized carbons (Fsp3) is 0.296. The van der Waals surface area contributed by atoms with E-state index in [0.29, 0.717) is 11.6 Å². The molecule has 33 heavy (non-hydrogen) atoms. The highest BCUT2D eigenvalue weighted by atomic mass is 15.4. The van der Waals surface area contributed by atoms with Gasteiger partial charge in [0.05, 0.1) is 23.0 Å². The van der Waals surface area contributed by atoms with E-state index in [0.717, 1.165) is 40.8 Å². The summed E-state index contributed by atoms with van der Waals surface area (Å²) in [4.78, 5) is 7.26. The maximum absolute atomic E-state index is 9.12. The van der Waals surface area contributed by atoms with Crippen LogP contribution < -0.4 is 4.90 Å². The molecular formula is C27H24N6. The number of nitrogens with zero attached hydrogens (tertiary/aromatic N) is 6. The Kier molecular flexibility index (Phi) is 4.01. The summed E-state index contributed by atoms with van der Waals surface area (Å²) in [5, 5.41) is 13.7. The number of hydrogen-bond donors (Lipinski definition) is 0. The third-order valence-corrected chi connectivity index (χ3v) is 7.74. The summed E-state index contributed by atoms with van der Waals surface area (Å²) in [6.07, 6.45) is 9.24. The number of aromatic nitrogens is 4. The molecule has 2 aromatic heterocycles. The number of hydrogen-bond acceptors (Lipinski definition) is 4. The normalized spacial score (nSPS) is 20.5. The van der Waals surface area contributed by atoms with Gasteiger partial charge in [-0.25, -0.2) is 9.67 Å². The Labute approximate surface area is 192 Å². The largest absolute Gasteiger partial charge is 0.368 e. The number of rotatable bonds is 2. The smallest absolute Gasteiger partial charge is 0.179 e. The van der Waals surface area contributed by atoms with E-state index in [4.69, 9.17) is 5.26 Å². The van der Waals surface area contributed by atoms with E-state index in [9.17, 15) is 0 Å². The van der Waals surface area contributed by atoms with Gasteiger partial charge in [-0.1, -0.05) is 18.6 Å². The first-order chi connectivity index (χ1) is 16.3. The Bertz CT molecular complexity index is 1400. The molecule has 162 valence electrons. The van der Waals surface area contributed by atoms with Gasteiger partial charge in [0.1, 0.15) is 6.33 Å². The van der Waals surface area contributed by atoms with E-state index in [2.05, 4.69) is 56.1 Å². The Balaban J connectivity index is 1.31. The van der Waals surface area contributed by atoms with Crippen LogP contribution in [-0.2, 0) is 6.54 Å². The number of nitriles is 1. The standard InChI is InChI=1S/C27H24N6/c28-14-18-4-6-19(7-5-18)21-13-26-27-29-17-30-33(27)25-9-8-23(12-22(25)16-31(26)15-21)32-11-10-20-2-1-3-24(20)32/h4-9,12-13,15,17,20,24H,1-3,10-11,16H2/t20-,24+/m1/s1. The van der Waals surface area contributed by atoms with Crippen LogP contribution in [-0.4, -0.2) is 31.9 Å². The minimum Gasteiger partial charge on any atom is -0.368 e. The minimum absolute atomic E-state index is 0.673. The molecule has 3 aliphatic rings. The maximum Gasteiger partial charge on any atom is 0.179 e. The summed E-state index contributed by atoms with van der Waals surface area (Å²) in [6.45, 7) is 1.95. The van der Waals surface area contributed by atoms with Crippen molar-refractivity contribution in [1.82, 2.24) is 19.3 Å². The van der Waals surface area contributed by atoms with E-state index in [1.54, 1.807) is 6.33 Å². The van der Waals surface area contributed by atoms with Crippen molar-refractivity contribution in [3.05, 3.63) is 72.2 Å². The van der Waals surface area contributed by atoms with Gasteiger partial charge in [-0.2, -0.15) is 10.4 Å². The Hall–Kier alpha value is -3.85. The molecule has 0 amide bonds. The van der Waals surface area contributed by atoms with Crippen molar-refractivity contribution in [1.29, 1.82) is 5.26 Å². The van der Waals surface area contributed by atoms with Crippen LogP contribution in [0.25, 0.3) is 28.3 Å². The van der Waals surface area contributed by atoms with Gasteiger partial charge in [0.15, 0.2) is 5.82 Å². The lowest BCUT2D eigenvalue weighted by Gasteiger charge is -2.27. The van der Waals surface area contributed by atoms with Gasteiger partial charge in [-0.15, -0.1) is 0 Å². The average Bonchev–Trinajstić information content (AvgIpc) is 3.62. The fourth-order valence-corrected chi connectivity index (χ4v) is 6.14.